The Morgan fingerprint density at radius 2 is 2.17 bits per heavy atom. The molecule has 0 aromatic rings. The van der Waals surface area contributed by atoms with Gasteiger partial charge in [-0.3, -0.25) is 0 Å². The van der Waals surface area contributed by atoms with Gasteiger partial charge in [-0.25, -0.2) is 4.79 Å². The molecule has 0 aliphatic carbocycles. The van der Waals surface area contributed by atoms with E-state index in [9.17, 15) is 4.79 Å². The van der Waals surface area contributed by atoms with Crippen molar-refractivity contribution in [3.63, 3.8) is 0 Å². The normalized spacial score (nSPS) is 38.0. The molecule has 1 saturated heterocycles. The smallest absolute Gasteiger partial charge is 0.338 e. The Balaban J connectivity index is 2.64. The lowest BCUT2D eigenvalue weighted by Crippen LogP contribution is -2.42. The van der Waals surface area contributed by atoms with Gasteiger partial charge in [0.05, 0.1) is 0 Å². The van der Waals surface area contributed by atoms with Gasteiger partial charge in [0.2, 0.25) is 0 Å². The first-order valence-corrected chi connectivity index (χ1v) is 3.52. The number of carbonyl (C=O) groups is 1. The molecule has 0 spiro atoms. The third kappa shape index (κ3) is 1.42. The SMILES string of the molecule is NC[C@@H](O)[C@@H]1OC(=O)[C@H](O)[C@H]1O. The third-order valence-corrected chi connectivity index (χ3v) is 1.77. The van der Waals surface area contributed by atoms with E-state index < -0.39 is 30.4 Å². The highest BCUT2D eigenvalue weighted by Crippen LogP contribution is 2.18. The minimum Gasteiger partial charge on any atom is -0.455 e. The summed E-state index contributed by atoms with van der Waals surface area (Å²) in [5.74, 6) is -0.931. The Kier molecular flexibility index (Phi) is 2.63. The minimum absolute atomic E-state index is 0.137. The Morgan fingerprint density at radius 1 is 1.58 bits per heavy atom. The predicted octanol–water partition coefficient (Wildman–Crippen LogP) is -3.05. The van der Waals surface area contributed by atoms with E-state index in [0.717, 1.165) is 0 Å². The number of rotatable bonds is 2. The highest BCUT2D eigenvalue weighted by atomic mass is 16.6. The lowest BCUT2D eigenvalue weighted by Gasteiger charge is -2.17. The number of hydrogen-bond donors (Lipinski definition) is 4. The predicted molar refractivity (Wildman–Crippen MR) is 37.0 cm³/mol. The van der Waals surface area contributed by atoms with E-state index in [2.05, 4.69) is 4.74 Å². The van der Waals surface area contributed by atoms with Gasteiger partial charge in [-0.05, 0) is 0 Å². The summed E-state index contributed by atoms with van der Waals surface area (Å²) in [4.78, 5) is 10.6. The zero-order chi connectivity index (χ0) is 9.30. The molecule has 0 aromatic heterocycles. The van der Waals surface area contributed by atoms with Crippen LogP contribution in [0.4, 0.5) is 0 Å². The second-order valence-electron chi connectivity index (χ2n) is 2.64. The molecule has 6 nitrogen and oxygen atoms in total. The molecule has 1 aliphatic heterocycles. The summed E-state index contributed by atoms with van der Waals surface area (Å²) in [7, 11) is 0. The van der Waals surface area contributed by atoms with Crippen LogP contribution in [0, 0.1) is 0 Å². The summed E-state index contributed by atoms with van der Waals surface area (Å²) >= 11 is 0. The maximum atomic E-state index is 10.6. The molecule has 0 unspecified atom stereocenters. The first kappa shape index (κ1) is 9.40. The largest absolute Gasteiger partial charge is 0.455 e. The first-order valence-electron chi connectivity index (χ1n) is 3.52. The van der Waals surface area contributed by atoms with E-state index in [-0.39, 0.29) is 6.54 Å². The number of nitrogens with two attached hydrogens (primary N) is 1. The van der Waals surface area contributed by atoms with Crippen LogP contribution in [0.2, 0.25) is 0 Å². The zero-order valence-corrected chi connectivity index (χ0v) is 6.25. The van der Waals surface area contributed by atoms with Crippen LogP contribution in [-0.4, -0.2) is 52.2 Å². The molecular weight excluding hydrogens is 166 g/mol. The Bertz CT molecular complexity index is 185. The Morgan fingerprint density at radius 3 is 2.50 bits per heavy atom. The molecule has 4 atom stereocenters. The molecule has 1 fully saturated rings. The van der Waals surface area contributed by atoms with Crippen molar-refractivity contribution in [3.8, 4) is 0 Å². The van der Waals surface area contributed by atoms with Crippen LogP contribution in [0.5, 0.6) is 0 Å². The van der Waals surface area contributed by atoms with Crippen molar-refractivity contribution in [2.24, 2.45) is 5.73 Å². The summed E-state index contributed by atoms with van der Waals surface area (Å²) < 4.78 is 4.47. The molecule has 1 heterocycles. The van der Waals surface area contributed by atoms with E-state index >= 15 is 0 Å². The fourth-order valence-corrected chi connectivity index (χ4v) is 1.03. The molecule has 0 radical (unpaired) electrons. The Hall–Kier alpha value is -0.690. The number of aliphatic hydroxyl groups is 3. The molecule has 1 rings (SSSR count). The van der Waals surface area contributed by atoms with E-state index in [1.54, 1.807) is 0 Å². The standard InChI is InChI=1S/C6H11NO5/c7-1-2(8)5-3(9)4(10)6(11)12-5/h2-5,8-10H,1,7H2/t2-,3-,4-,5+/m1/s1. The molecule has 0 aromatic carbocycles. The molecule has 0 amide bonds. The van der Waals surface area contributed by atoms with E-state index in [1.807, 2.05) is 0 Å². The van der Waals surface area contributed by atoms with Crippen LogP contribution >= 0.6 is 0 Å². The van der Waals surface area contributed by atoms with Crippen LogP contribution in [0.25, 0.3) is 0 Å². The summed E-state index contributed by atoms with van der Waals surface area (Å²) in [6.07, 6.45) is -5.22. The maximum absolute atomic E-state index is 10.6. The fourth-order valence-electron chi connectivity index (χ4n) is 1.03. The number of cyclic esters (lactones) is 1. The fraction of sp³-hybridized carbons (Fsp3) is 0.833. The lowest BCUT2D eigenvalue weighted by molar-refractivity contribution is -0.150. The van der Waals surface area contributed by atoms with Crippen LogP contribution in [0.1, 0.15) is 0 Å². The number of esters is 1. The van der Waals surface area contributed by atoms with Gasteiger partial charge in [-0.15, -0.1) is 0 Å². The topological polar surface area (TPSA) is 113 Å². The monoisotopic (exact) mass is 177 g/mol. The van der Waals surface area contributed by atoms with E-state index in [1.165, 1.54) is 0 Å². The van der Waals surface area contributed by atoms with Crippen molar-refractivity contribution in [2.75, 3.05) is 6.54 Å². The number of hydrogen-bond acceptors (Lipinski definition) is 6. The summed E-state index contributed by atoms with van der Waals surface area (Å²) in [5, 5.41) is 27.1. The highest BCUT2D eigenvalue weighted by Gasteiger charge is 2.45. The molecule has 1 aliphatic rings. The minimum atomic E-state index is -1.57. The molecule has 5 N–H and O–H groups in total. The molecule has 12 heavy (non-hydrogen) atoms. The van der Waals surface area contributed by atoms with Crippen molar-refractivity contribution in [1.29, 1.82) is 0 Å². The van der Waals surface area contributed by atoms with Crippen molar-refractivity contribution < 1.29 is 24.9 Å². The van der Waals surface area contributed by atoms with Gasteiger partial charge in [-0.2, -0.15) is 0 Å². The summed E-state index contributed by atoms with van der Waals surface area (Å²) in [6, 6.07) is 0. The summed E-state index contributed by atoms with van der Waals surface area (Å²) in [5.41, 5.74) is 5.07. The van der Waals surface area contributed by atoms with Gasteiger partial charge in [0.25, 0.3) is 0 Å². The molecule has 70 valence electrons. The lowest BCUT2D eigenvalue weighted by atomic mass is 10.1. The van der Waals surface area contributed by atoms with Gasteiger partial charge in [0.15, 0.2) is 12.2 Å². The van der Waals surface area contributed by atoms with Gasteiger partial charge >= 0.3 is 5.97 Å². The van der Waals surface area contributed by atoms with E-state index in [0.29, 0.717) is 0 Å². The average molecular weight is 177 g/mol. The Labute approximate surface area is 68.6 Å². The van der Waals surface area contributed by atoms with Crippen molar-refractivity contribution in [3.05, 3.63) is 0 Å². The van der Waals surface area contributed by atoms with Crippen molar-refractivity contribution >= 4 is 5.97 Å². The number of carbonyl (C=O) groups excluding carboxylic acids is 1. The van der Waals surface area contributed by atoms with E-state index in [4.69, 9.17) is 21.1 Å². The zero-order valence-electron chi connectivity index (χ0n) is 6.25. The van der Waals surface area contributed by atoms with Crippen LogP contribution in [-0.2, 0) is 9.53 Å². The van der Waals surface area contributed by atoms with Crippen LogP contribution in [0.3, 0.4) is 0 Å². The molecule has 6 heteroatoms. The second-order valence-corrected chi connectivity index (χ2v) is 2.64. The van der Waals surface area contributed by atoms with Crippen molar-refractivity contribution in [2.45, 2.75) is 24.4 Å². The third-order valence-electron chi connectivity index (χ3n) is 1.77. The highest BCUT2D eigenvalue weighted by molar-refractivity contribution is 5.77. The second kappa shape index (κ2) is 3.36. The molecule has 0 bridgehead atoms. The molecule has 0 saturated carbocycles. The van der Waals surface area contributed by atoms with Crippen LogP contribution < -0.4 is 5.73 Å². The van der Waals surface area contributed by atoms with Gasteiger partial charge in [0, 0.05) is 6.54 Å². The van der Waals surface area contributed by atoms with Gasteiger partial charge in [-0.1, -0.05) is 0 Å². The van der Waals surface area contributed by atoms with Gasteiger partial charge < -0.3 is 25.8 Å². The summed E-state index contributed by atoms with van der Waals surface area (Å²) in [6.45, 7) is -0.137. The number of ether oxygens (including phenoxy) is 1. The van der Waals surface area contributed by atoms with Crippen molar-refractivity contribution in [1.82, 2.24) is 0 Å². The maximum Gasteiger partial charge on any atom is 0.338 e. The average Bonchev–Trinajstić information content (AvgIpc) is 2.32. The van der Waals surface area contributed by atoms with Gasteiger partial charge in [0.1, 0.15) is 12.2 Å². The van der Waals surface area contributed by atoms with Crippen LogP contribution in [0.15, 0.2) is 0 Å². The molecular formula is C6H11NO5. The number of aliphatic hydroxyl groups excluding tert-OH is 3. The quantitative estimate of drug-likeness (QED) is 0.333. The first-order chi connectivity index (χ1) is 5.57.